The van der Waals surface area contributed by atoms with Crippen molar-refractivity contribution in [1.82, 2.24) is 0 Å². The van der Waals surface area contributed by atoms with Crippen LogP contribution in [0.15, 0.2) is 12.1 Å². The highest BCUT2D eigenvalue weighted by Crippen LogP contribution is 2.29. The summed E-state index contributed by atoms with van der Waals surface area (Å²) in [7, 11) is 1.55. The molecule has 0 bridgehead atoms. The first-order chi connectivity index (χ1) is 9.73. The molecular formula is C14H19F4NO2. The van der Waals surface area contributed by atoms with E-state index in [0.717, 1.165) is 6.07 Å². The minimum absolute atomic E-state index is 0.118. The maximum Gasteiger partial charge on any atom is 0.573 e. The van der Waals surface area contributed by atoms with Gasteiger partial charge in [0.25, 0.3) is 0 Å². The van der Waals surface area contributed by atoms with Crippen LogP contribution in [0.4, 0.5) is 17.6 Å². The number of benzene rings is 1. The lowest BCUT2D eigenvalue weighted by Gasteiger charge is -2.14. The standard InChI is InChI=1S/C14H19F4NO2/c1-9-6-10(4-3-5-11(19)8-20-2)7-12(13(9)15)21-14(16,17)18/h6-7,11H,3-5,8,19H2,1-2H3/t11-/m1/s1. The van der Waals surface area contributed by atoms with E-state index in [0.29, 0.717) is 31.4 Å². The molecule has 1 aromatic rings. The largest absolute Gasteiger partial charge is 0.573 e. The minimum Gasteiger partial charge on any atom is -0.403 e. The van der Waals surface area contributed by atoms with Crippen molar-refractivity contribution in [2.75, 3.05) is 13.7 Å². The minimum atomic E-state index is -4.91. The topological polar surface area (TPSA) is 44.5 Å². The quantitative estimate of drug-likeness (QED) is 0.786. The van der Waals surface area contributed by atoms with Crippen molar-refractivity contribution in [3.63, 3.8) is 0 Å². The van der Waals surface area contributed by atoms with E-state index in [2.05, 4.69) is 4.74 Å². The number of halogens is 4. The summed E-state index contributed by atoms with van der Waals surface area (Å²) in [6, 6.07) is 2.47. The van der Waals surface area contributed by atoms with Gasteiger partial charge in [-0.15, -0.1) is 13.2 Å². The molecule has 0 spiro atoms. The van der Waals surface area contributed by atoms with E-state index in [1.54, 1.807) is 7.11 Å². The van der Waals surface area contributed by atoms with Crippen molar-refractivity contribution in [3.05, 3.63) is 29.1 Å². The van der Waals surface area contributed by atoms with Gasteiger partial charge in [-0.05, 0) is 43.4 Å². The van der Waals surface area contributed by atoms with Gasteiger partial charge in [0.2, 0.25) is 0 Å². The van der Waals surface area contributed by atoms with E-state index < -0.39 is 17.9 Å². The molecule has 0 aromatic heterocycles. The maximum atomic E-state index is 13.6. The van der Waals surface area contributed by atoms with Crippen molar-refractivity contribution < 1.29 is 27.0 Å². The molecule has 1 rings (SSSR count). The average molecular weight is 309 g/mol. The van der Waals surface area contributed by atoms with Crippen LogP contribution in [-0.2, 0) is 11.2 Å². The number of nitrogens with two attached hydrogens (primary N) is 1. The Labute approximate surface area is 121 Å². The van der Waals surface area contributed by atoms with Gasteiger partial charge < -0.3 is 15.2 Å². The lowest BCUT2D eigenvalue weighted by molar-refractivity contribution is -0.275. The van der Waals surface area contributed by atoms with Crippen LogP contribution in [0.1, 0.15) is 24.0 Å². The molecule has 0 saturated heterocycles. The summed E-state index contributed by atoms with van der Waals surface area (Å²) < 4.78 is 58.8. The fourth-order valence-corrected chi connectivity index (χ4v) is 2.02. The third kappa shape index (κ3) is 6.31. The number of hydrogen-bond acceptors (Lipinski definition) is 3. The summed E-state index contributed by atoms with van der Waals surface area (Å²) in [5, 5.41) is 0. The van der Waals surface area contributed by atoms with Crippen LogP contribution < -0.4 is 10.5 Å². The van der Waals surface area contributed by atoms with Gasteiger partial charge in [0.15, 0.2) is 11.6 Å². The smallest absolute Gasteiger partial charge is 0.403 e. The highest BCUT2D eigenvalue weighted by molar-refractivity contribution is 5.36. The highest BCUT2D eigenvalue weighted by Gasteiger charge is 2.32. The first kappa shape index (κ1) is 17.7. The van der Waals surface area contributed by atoms with Crippen molar-refractivity contribution in [2.24, 2.45) is 5.73 Å². The molecule has 7 heteroatoms. The zero-order chi connectivity index (χ0) is 16.0. The SMILES string of the molecule is COC[C@H](N)CCCc1cc(C)c(F)c(OC(F)(F)F)c1. The van der Waals surface area contributed by atoms with Crippen LogP contribution in [0.25, 0.3) is 0 Å². The molecule has 1 atom stereocenters. The molecule has 2 N–H and O–H groups in total. The molecule has 0 amide bonds. The normalized spacial score (nSPS) is 13.3. The fourth-order valence-electron chi connectivity index (χ4n) is 2.02. The van der Waals surface area contributed by atoms with Crippen LogP contribution in [-0.4, -0.2) is 26.1 Å². The van der Waals surface area contributed by atoms with Crippen molar-refractivity contribution in [1.29, 1.82) is 0 Å². The Morgan fingerprint density at radius 2 is 1.95 bits per heavy atom. The van der Waals surface area contributed by atoms with Gasteiger partial charge in [0.1, 0.15) is 0 Å². The fraction of sp³-hybridized carbons (Fsp3) is 0.571. The van der Waals surface area contributed by atoms with Gasteiger partial charge in [0, 0.05) is 13.2 Å². The molecule has 0 aliphatic rings. The van der Waals surface area contributed by atoms with Crippen LogP contribution in [0.5, 0.6) is 5.75 Å². The lowest BCUT2D eigenvalue weighted by Crippen LogP contribution is -2.25. The summed E-state index contributed by atoms with van der Waals surface area (Å²) in [6.45, 7) is 1.82. The van der Waals surface area contributed by atoms with E-state index in [4.69, 9.17) is 10.5 Å². The number of rotatable bonds is 7. The molecule has 0 radical (unpaired) electrons. The van der Waals surface area contributed by atoms with Crippen LogP contribution >= 0.6 is 0 Å². The molecule has 0 fully saturated rings. The summed E-state index contributed by atoms with van der Waals surface area (Å²) in [6.07, 6.45) is -3.08. The van der Waals surface area contributed by atoms with E-state index in [-0.39, 0.29) is 11.6 Å². The summed E-state index contributed by atoms with van der Waals surface area (Å²) in [5.74, 6) is -1.79. The third-order valence-corrected chi connectivity index (χ3v) is 2.93. The Morgan fingerprint density at radius 1 is 1.29 bits per heavy atom. The molecule has 120 valence electrons. The van der Waals surface area contributed by atoms with Crippen molar-refractivity contribution in [3.8, 4) is 5.75 Å². The number of hydrogen-bond donors (Lipinski definition) is 1. The van der Waals surface area contributed by atoms with Gasteiger partial charge in [-0.1, -0.05) is 6.07 Å². The first-order valence-electron chi connectivity index (χ1n) is 6.52. The van der Waals surface area contributed by atoms with Crippen LogP contribution in [0, 0.1) is 12.7 Å². The highest BCUT2D eigenvalue weighted by atomic mass is 19.4. The van der Waals surface area contributed by atoms with Crippen molar-refractivity contribution >= 4 is 0 Å². The summed E-state index contributed by atoms with van der Waals surface area (Å²) >= 11 is 0. The third-order valence-electron chi connectivity index (χ3n) is 2.93. The second kappa shape index (κ2) is 7.61. The predicted octanol–water partition coefficient (Wildman–Crippen LogP) is 3.33. The Kier molecular flexibility index (Phi) is 6.42. The Bertz CT molecular complexity index is 463. The van der Waals surface area contributed by atoms with Gasteiger partial charge in [-0.25, -0.2) is 4.39 Å². The number of alkyl halides is 3. The molecule has 1 aromatic carbocycles. The number of methoxy groups -OCH3 is 1. The van der Waals surface area contributed by atoms with Gasteiger partial charge >= 0.3 is 6.36 Å². The molecule has 0 unspecified atom stereocenters. The van der Waals surface area contributed by atoms with Crippen molar-refractivity contribution in [2.45, 2.75) is 38.6 Å². The van der Waals surface area contributed by atoms with Crippen LogP contribution in [0.3, 0.4) is 0 Å². The van der Waals surface area contributed by atoms with Gasteiger partial charge in [0.05, 0.1) is 6.61 Å². The Hall–Kier alpha value is -1.34. The second-order valence-corrected chi connectivity index (χ2v) is 4.88. The molecule has 0 saturated carbocycles. The molecule has 0 heterocycles. The van der Waals surface area contributed by atoms with E-state index in [1.807, 2.05) is 0 Å². The Balaban J connectivity index is 2.71. The second-order valence-electron chi connectivity index (χ2n) is 4.88. The van der Waals surface area contributed by atoms with Gasteiger partial charge in [-0.2, -0.15) is 0 Å². The number of aryl methyl sites for hydroxylation is 2. The zero-order valence-corrected chi connectivity index (χ0v) is 12.0. The zero-order valence-electron chi connectivity index (χ0n) is 12.0. The molecule has 0 aliphatic carbocycles. The molecule has 3 nitrogen and oxygen atoms in total. The van der Waals surface area contributed by atoms with E-state index in [1.165, 1.54) is 13.0 Å². The lowest BCUT2D eigenvalue weighted by atomic mass is 10.0. The molecular weight excluding hydrogens is 290 g/mol. The maximum absolute atomic E-state index is 13.6. The van der Waals surface area contributed by atoms with Crippen LogP contribution in [0.2, 0.25) is 0 Å². The molecule has 0 aliphatic heterocycles. The monoisotopic (exact) mass is 309 g/mol. The van der Waals surface area contributed by atoms with E-state index in [9.17, 15) is 17.6 Å². The predicted molar refractivity (Wildman–Crippen MR) is 70.6 cm³/mol. The van der Waals surface area contributed by atoms with Gasteiger partial charge in [-0.3, -0.25) is 0 Å². The average Bonchev–Trinajstić information content (AvgIpc) is 2.34. The molecule has 21 heavy (non-hydrogen) atoms. The van der Waals surface area contributed by atoms with E-state index >= 15 is 0 Å². The Morgan fingerprint density at radius 3 is 2.52 bits per heavy atom. The summed E-state index contributed by atoms with van der Waals surface area (Å²) in [4.78, 5) is 0. The summed E-state index contributed by atoms with van der Waals surface area (Å²) in [5.41, 5.74) is 6.46. The number of ether oxygens (including phenoxy) is 2. The first-order valence-corrected chi connectivity index (χ1v) is 6.52.